The Bertz CT molecular complexity index is 504. The Hall–Kier alpha value is -2.02. The van der Waals surface area contributed by atoms with Crippen molar-refractivity contribution < 1.29 is 9.59 Å². The van der Waals surface area contributed by atoms with Gasteiger partial charge in [0.2, 0.25) is 12.3 Å². The molecule has 0 aliphatic rings. The molecule has 0 unspecified atom stereocenters. The molecule has 0 fully saturated rings. The van der Waals surface area contributed by atoms with Gasteiger partial charge in [-0.05, 0) is 19.8 Å². The van der Waals surface area contributed by atoms with E-state index >= 15 is 0 Å². The van der Waals surface area contributed by atoms with E-state index < -0.39 is 6.04 Å². The zero-order valence-electron chi connectivity index (χ0n) is 12.2. The van der Waals surface area contributed by atoms with Gasteiger partial charge in [0.05, 0.1) is 17.4 Å². The molecule has 1 heterocycles. The fraction of sp³-hybridized carbons (Fsp3) is 0.538. The Kier molecular flexibility index (Phi) is 5.57. The average Bonchev–Trinajstić information content (AvgIpc) is 2.42. The molecule has 2 amide bonds. The van der Waals surface area contributed by atoms with E-state index in [0.29, 0.717) is 17.8 Å². The first-order valence-corrected chi connectivity index (χ1v) is 6.52. The highest BCUT2D eigenvalue weighted by molar-refractivity contribution is 5.97. The topological polar surface area (TPSA) is 110 Å². The molecule has 7 heteroatoms. The van der Waals surface area contributed by atoms with Crippen molar-refractivity contribution in [3.8, 4) is 0 Å². The van der Waals surface area contributed by atoms with Gasteiger partial charge in [0.1, 0.15) is 0 Å². The summed E-state index contributed by atoms with van der Waals surface area (Å²) in [5.41, 5.74) is 7.22. The van der Waals surface area contributed by atoms with E-state index in [2.05, 4.69) is 20.6 Å². The highest BCUT2D eigenvalue weighted by Gasteiger charge is 2.21. The Morgan fingerprint density at radius 3 is 2.35 bits per heavy atom. The van der Waals surface area contributed by atoms with Crippen LogP contribution in [0.25, 0.3) is 0 Å². The molecule has 0 spiro atoms. The van der Waals surface area contributed by atoms with Gasteiger partial charge in [0, 0.05) is 0 Å². The third kappa shape index (κ3) is 3.74. The predicted molar refractivity (Wildman–Crippen MR) is 77.3 cm³/mol. The number of anilines is 2. The summed E-state index contributed by atoms with van der Waals surface area (Å²) in [6.07, 6.45) is 1.29. The third-order valence-electron chi connectivity index (χ3n) is 3.30. The zero-order chi connectivity index (χ0) is 15.3. The van der Waals surface area contributed by atoms with Crippen LogP contribution in [0.2, 0.25) is 0 Å². The van der Waals surface area contributed by atoms with Crippen molar-refractivity contribution in [2.45, 2.75) is 40.2 Å². The van der Waals surface area contributed by atoms with E-state index in [4.69, 9.17) is 5.73 Å². The van der Waals surface area contributed by atoms with E-state index in [1.807, 2.05) is 13.8 Å². The second-order valence-electron chi connectivity index (χ2n) is 4.75. The van der Waals surface area contributed by atoms with Gasteiger partial charge >= 0.3 is 0 Å². The lowest BCUT2D eigenvalue weighted by Gasteiger charge is -2.18. The lowest BCUT2D eigenvalue weighted by molar-refractivity contribution is -0.118. The van der Waals surface area contributed by atoms with Crippen LogP contribution < -0.4 is 16.4 Å². The van der Waals surface area contributed by atoms with Crippen molar-refractivity contribution in [1.29, 1.82) is 0 Å². The molecule has 4 N–H and O–H groups in total. The molecular weight excluding hydrogens is 258 g/mol. The Morgan fingerprint density at radius 2 is 1.85 bits per heavy atom. The Labute approximate surface area is 118 Å². The number of nitrogens with two attached hydrogens (primary N) is 1. The van der Waals surface area contributed by atoms with Crippen LogP contribution in [0.1, 0.15) is 31.7 Å². The van der Waals surface area contributed by atoms with Gasteiger partial charge in [-0.25, -0.2) is 9.97 Å². The molecule has 0 radical (unpaired) electrons. The average molecular weight is 279 g/mol. The summed E-state index contributed by atoms with van der Waals surface area (Å²) in [6.45, 7) is 7.42. The molecule has 0 aliphatic heterocycles. The predicted octanol–water partition coefficient (Wildman–Crippen LogP) is 0.974. The molecule has 0 saturated heterocycles. The number of carbonyl (C=O) groups excluding carboxylic acids is 2. The number of carbonyl (C=O) groups is 2. The van der Waals surface area contributed by atoms with Crippen molar-refractivity contribution in [3.63, 3.8) is 0 Å². The summed E-state index contributed by atoms with van der Waals surface area (Å²) in [5, 5.41) is 5.04. The monoisotopic (exact) mass is 279 g/mol. The van der Waals surface area contributed by atoms with Crippen LogP contribution in [0.15, 0.2) is 0 Å². The van der Waals surface area contributed by atoms with E-state index in [9.17, 15) is 9.59 Å². The van der Waals surface area contributed by atoms with E-state index in [-0.39, 0.29) is 23.5 Å². The van der Waals surface area contributed by atoms with Crippen molar-refractivity contribution in [1.82, 2.24) is 9.97 Å². The molecular formula is C13H21N5O2. The van der Waals surface area contributed by atoms with Crippen molar-refractivity contribution in [3.05, 3.63) is 11.4 Å². The normalized spacial score (nSPS) is 13.4. The maximum Gasteiger partial charge on any atom is 0.242 e. The second-order valence-corrected chi connectivity index (χ2v) is 4.75. The first kappa shape index (κ1) is 16.0. The highest BCUT2D eigenvalue weighted by atomic mass is 16.2. The summed E-state index contributed by atoms with van der Waals surface area (Å²) < 4.78 is 0. The number of aromatic nitrogens is 2. The van der Waals surface area contributed by atoms with E-state index in [1.165, 1.54) is 0 Å². The van der Waals surface area contributed by atoms with Gasteiger partial charge in [-0.3, -0.25) is 9.59 Å². The minimum Gasteiger partial charge on any atom is -0.320 e. The summed E-state index contributed by atoms with van der Waals surface area (Å²) >= 11 is 0. The van der Waals surface area contributed by atoms with Crippen LogP contribution >= 0.6 is 0 Å². The smallest absolute Gasteiger partial charge is 0.242 e. The first-order chi connectivity index (χ1) is 9.40. The third-order valence-corrected chi connectivity index (χ3v) is 3.30. The SMILES string of the molecule is CC[C@H](C)[C@H](N)C(=O)Nc1nc(C)c(C)nc1NC=O. The molecule has 1 rings (SSSR count). The van der Waals surface area contributed by atoms with E-state index in [0.717, 1.165) is 6.42 Å². The molecule has 2 atom stereocenters. The number of amides is 2. The fourth-order valence-electron chi connectivity index (χ4n) is 1.56. The number of rotatable bonds is 6. The summed E-state index contributed by atoms with van der Waals surface area (Å²) in [4.78, 5) is 31.0. The largest absolute Gasteiger partial charge is 0.320 e. The van der Waals surface area contributed by atoms with Crippen molar-refractivity contribution >= 4 is 24.0 Å². The molecule has 0 saturated carbocycles. The lowest BCUT2D eigenvalue weighted by Crippen LogP contribution is -2.41. The van der Waals surface area contributed by atoms with Crippen LogP contribution in [0, 0.1) is 19.8 Å². The van der Waals surface area contributed by atoms with Gasteiger partial charge in [-0.1, -0.05) is 20.3 Å². The van der Waals surface area contributed by atoms with Crippen LogP contribution in [0.3, 0.4) is 0 Å². The molecule has 0 bridgehead atoms. The fourth-order valence-corrected chi connectivity index (χ4v) is 1.56. The number of aryl methyl sites for hydroxylation is 2. The van der Waals surface area contributed by atoms with Crippen LogP contribution in [0.5, 0.6) is 0 Å². The molecule has 110 valence electrons. The van der Waals surface area contributed by atoms with Crippen LogP contribution in [0.4, 0.5) is 11.6 Å². The quantitative estimate of drug-likeness (QED) is 0.672. The van der Waals surface area contributed by atoms with Gasteiger partial charge in [0.25, 0.3) is 0 Å². The molecule has 20 heavy (non-hydrogen) atoms. The van der Waals surface area contributed by atoms with Crippen molar-refractivity contribution in [2.75, 3.05) is 10.6 Å². The van der Waals surface area contributed by atoms with Gasteiger partial charge < -0.3 is 16.4 Å². The number of nitrogens with one attached hydrogen (secondary N) is 2. The van der Waals surface area contributed by atoms with Crippen molar-refractivity contribution in [2.24, 2.45) is 11.7 Å². The minimum atomic E-state index is -0.632. The molecule has 1 aromatic heterocycles. The number of nitrogens with zero attached hydrogens (tertiary/aromatic N) is 2. The standard InChI is InChI=1S/C13H21N5O2/c1-5-7(2)10(14)13(20)18-12-11(15-6-19)16-8(3)9(4)17-12/h6-7,10H,5,14H2,1-4H3,(H,15,16,19)(H,17,18,20)/t7-,10-/m0/s1. The van der Waals surface area contributed by atoms with Gasteiger partial charge in [-0.15, -0.1) is 0 Å². The summed E-state index contributed by atoms with van der Waals surface area (Å²) in [6, 6.07) is -0.632. The van der Waals surface area contributed by atoms with Crippen LogP contribution in [-0.2, 0) is 9.59 Å². The van der Waals surface area contributed by atoms with E-state index in [1.54, 1.807) is 13.8 Å². The minimum absolute atomic E-state index is 0.0528. The summed E-state index contributed by atoms with van der Waals surface area (Å²) in [5.74, 6) is 0.139. The lowest BCUT2D eigenvalue weighted by atomic mass is 9.99. The van der Waals surface area contributed by atoms with Crippen LogP contribution in [-0.4, -0.2) is 28.3 Å². The molecule has 0 aromatic carbocycles. The molecule has 1 aromatic rings. The zero-order valence-corrected chi connectivity index (χ0v) is 12.2. The molecule has 0 aliphatic carbocycles. The van der Waals surface area contributed by atoms with Gasteiger partial charge in [-0.2, -0.15) is 0 Å². The van der Waals surface area contributed by atoms with Gasteiger partial charge in [0.15, 0.2) is 11.6 Å². The number of hydrogen-bond donors (Lipinski definition) is 3. The maximum atomic E-state index is 12.0. The first-order valence-electron chi connectivity index (χ1n) is 6.52. The second kappa shape index (κ2) is 6.95. The Morgan fingerprint density at radius 1 is 1.30 bits per heavy atom. The molecule has 7 nitrogen and oxygen atoms in total. The summed E-state index contributed by atoms with van der Waals surface area (Å²) in [7, 11) is 0. The maximum absolute atomic E-state index is 12.0. The Balaban J connectivity index is 2.98. The number of hydrogen-bond acceptors (Lipinski definition) is 5. The highest BCUT2D eigenvalue weighted by Crippen LogP contribution is 2.19.